The van der Waals surface area contributed by atoms with Crippen LogP contribution in [0, 0.1) is 0 Å². The smallest absolute Gasteiger partial charge is 0.241 e. The van der Waals surface area contributed by atoms with E-state index in [4.69, 9.17) is 0 Å². The van der Waals surface area contributed by atoms with Crippen LogP contribution in [0.3, 0.4) is 0 Å². The van der Waals surface area contributed by atoms with Crippen LogP contribution >= 0.6 is 11.5 Å². The number of aryl methyl sites for hydroxylation is 1. The number of amides is 1. The molecule has 0 spiro atoms. The molecule has 0 radical (unpaired) electrons. The van der Waals surface area contributed by atoms with Crippen LogP contribution in [0.2, 0.25) is 0 Å². The third kappa shape index (κ3) is 4.23. The third-order valence-electron chi connectivity index (χ3n) is 3.26. The van der Waals surface area contributed by atoms with Crippen molar-refractivity contribution in [1.82, 2.24) is 19.1 Å². The van der Waals surface area contributed by atoms with Crippen LogP contribution in [0.5, 0.6) is 0 Å². The summed E-state index contributed by atoms with van der Waals surface area (Å²) in [4.78, 5) is 16.2. The van der Waals surface area contributed by atoms with Gasteiger partial charge in [0.15, 0.2) is 0 Å². The SMILES string of the molecule is CCc1nc(NC(=O)Cc2cnn(Cc3ccccc3)c2)ns1. The zero-order valence-corrected chi connectivity index (χ0v) is 13.6. The maximum atomic E-state index is 12.0. The molecule has 7 heteroatoms. The second-order valence-corrected chi connectivity index (χ2v) is 5.96. The monoisotopic (exact) mass is 327 g/mol. The van der Waals surface area contributed by atoms with E-state index >= 15 is 0 Å². The number of hydrogen-bond donors (Lipinski definition) is 1. The lowest BCUT2D eigenvalue weighted by atomic mass is 10.2. The lowest BCUT2D eigenvalue weighted by Gasteiger charge is -2.01. The highest BCUT2D eigenvalue weighted by atomic mass is 32.1. The van der Waals surface area contributed by atoms with Gasteiger partial charge in [-0.3, -0.25) is 14.8 Å². The summed E-state index contributed by atoms with van der Waals surface area (Å²) in [5.74, 6) is 0.248. The van der Waals surface area contributed by atoms with Crippen molar-refractivity contribution in [2.75, 3.05) is 5.32 Å². The number of hydrogen-bond acceptors (Lipinski definition) is 5. The van der Waals surface area contributed by atoms with Gasteiger partial charge in [0.05, 0.1) is 19.2 Å². The van der Waals surface area contributed by atoms with Gasteiger partial charge in [0.2, 0.25) is 11.9 Å². The third-order valence-corrected chi connectivity index (χ3v) is 4.12. The first-order chi connectivity index (χ1) is 11.2. The van der Waals surface area contributed by atoms with Crippen molar-refractivity contribution in [3.8, 4) is 0 Å². The summed E-state index contributed by atoms with van der Waals surface area (Å²) < 4.78 is 5.94. The molecule has 0 saturated heterocycles. The van der Waals surface area contributed by atoms with Gasteiger partial charge in [-0.1, -0.05) is 37.3 Å². The summed E-state index contributed by atoms with van der Waals surface area (Å²) in [6.45, 7) is 2.70. The molecule has 0 aliphatic heterocycles. The standard InChI is InChI=1S/C16H17N5OS/c1-2-15-19-16(20-23-15)18-14(22)8-13-9-17-21(11-13)10-12-6-4-3-5-7-12/h3-7,9,11H,2,8,10H2,1H3,(H,18,20,22). The molecule has 2 heterocycles. The normalized spacial score (nSPS) is 10.7. The van der Waals surface area contributed by atoms with Crippen LogP contribution in [0.15, 0.2) is 42.7 Å². The van der Waals surface area contributed by atoms with Crippen LogP contribution in [-0.2, 0) is 24.2 Å². The summed E-state index contributed by atoms with van der Waals surface area (Å²) in [7, 11) is 0. The van der Waals surface area contributed by atoms with E-state index in [1.165, 1.54) is 17.1 Å². The quantitative estimate of drug-likeness (QED) is 0.755. The molecule has 118 valence electrons. The van der Waals surface area contributed by atoms with E-state index in [-0.39, 0.29) is 12.3 Å². The van der Waals surface area contributed by atoms with E-state index in [1.807, 2.05) is 48.1 Å². The van der Waals surface area contributed by atoms with E-state index < -0.39 is 0 Å². The molecule has 23 heavy (non-hydrogen) atoms. The first kappa shape index (κ1) is 15.4. The molecule has 6 nitrogen and oxygen atoms in total. The van der Waals surface area contributed by atoms with Crippen LogP contribution in [0.1, 0.15) is 23.1 Å². The Labute approximate surface area is 138 Å². The number of nitrogens with zero attached hydrogens (tertiary/aromatic N) is 4. The molecule has 3 rings (SSSR count). The average molecular weight is 327 g/mol. The minimum absolute atomic E-state index is 0.135. The fourth-order valence-electron chi connectivity index (χ4n) is 2.16. The fraction of sp³-hybridized carbons (Fsp3) is 0.250. The van der Waals surface area contributed by atoms with Crippen molar-refractivity contribution in [2.45, 2.75) is 26.3 Å². The van der Waals surface area contributed by atoms with Gasteiger partial charge in [-0.25, -0.2) is 4.98 Å². The van der Waals surface area contributed by atoms with E-state index in [0.717, 1.165) is 17.0 Å². The summed E-state index contributed by atoms with van der Waals surface area (Å²) in [6, 6.07) is 10.1. The van der Waals surface area contributed by atoms with Gasteiger partial charge in [-0.05, 0) is 29.1 Å². The van der Waals surface area contributed by atoms with E-state index in [2.05, 4.69) is 19.8 Å². The Kier molecular flexibility index (Phi) is 4.77. The molecular formula is C16H17N5OS. The number of benzene rings is 1. The van der Waals surface area contributed by atoms with Crippen molar-refractivity contribution in [3.05, 3.63) is 58.9 Å². The van der Waals surface area contributed by atoms with Crippen LogP contribution < -0.4 is 5.32 Å². The molecule has 0 aliphatic rings. The second kappa shape index (κ2) is 7.15. The molecule has 0 saturated carbocycles. The highest BCUT2D eigenvalue weighted by Crippen LogP contribution is 2.10. The van der Waals surface area contributed by atoms with Gasteiger partial charge in [0.25, 0.3) is 0 Å². The van der Waals surface area contributed by atoms with Gasteiger partial charge in [-0.2, -0.15) is 9.47 Å². The summed E-state index contributed by atoms with van der Waals surface area (Å²) >= 11 is 1.31. The fourth-order valence-corrected chi connectivity index (χ4v) is 2.69. The predicted molar refractivity (Wildman–Crippen MR) is 89.4 cm³/mol. The molecule has 1 aromatic carbocycles. The number of rotatable bonds is 6. The molecule has 1 N–H and O–H groups in total. The zero-order valence-electron chi connectivity index (χ0n) is 12.8. The molecule has 2 aromatic heterocycles. The average Bonchev–Trinajstić information content (AvgIpc) is 3.18. The van der Waals surface area contributed by atoms with Gasteiger partial charge in [0, 0.05) is 6.20 Å². The Morgan fingerprint density at radius 2 is 2.09 bits per heavy atom. The van der Waals surface area contributed by atoms with Crippen LogP contribution in [0.25, 0.3) is 0 Å². The minimum atomic E-state index is -0.135. The Morgan fingerprint density at radius 1 is 1.26 bits per heavy atom. The largest absolute Gasteiger partial charge is 0.293 e. The van der Waals surface area contributed by atoms with Crippen molar-refractivity contribution >= 4 is 23.4 Å². The molecule has 0 atom stereocenters. The van der Waals surface area contributed by atoms with Crippen molar-refractivity contribution < 1.29 is 4.79 Å². The Hall–Kier alpha value is -2.54. The summed E-state index contributed by atoms with van der Waals surface area (Å²) in [5, 5.41) is 7.93. The van der Waals surface area contributed by atoms with Gasteiger partial charge in [-0.15, -0.1) is 0 Å². The van der Waals surface area contributed by atoms with Crippen LogP contribution in [0.4, 0.5) is 5.95 Å². The first-order valence-electron chi connectivity index (χ1n) is 7.40. The summed E-state index contributed by atoms with van der Waals surface area (Å²) in [5.41, 5.74) is 2.04. The maximum absolute atomic E-state index is 12.0. The number of nitrogens with one attached hydrogen (secondary N) is 1. The lowest BCUT2D eigenvalue weighted by molar-refractivity contribution is -0.115. The molecular weight excluding hydrogens is 310 g/mol. The molecule has 0 fully saturated rings. The van der Waals surface area contributed by atoms with Crippen LogP contribution in [-0.4, -0.2) is 25.0 Å². The Balaban J connectivity index is 1.57. The zero-order chi connectivity index (χ0) is 16.1. The molecule has 0 aliphatic carbocycles. The Bertz CT molecular complexity index is 781. The number of aromatic nitrogens is 4. The van der Waals surface area contributed by atoms with E-state index in [9.17, 15) is 4.79 Å². The first-order valence-corrected chi connectivity index (χ1v) is 8.18. The van der Waals surface area contributed by atoms with Crippen molar-refractivity contribution in [2.24, 2.45) is 0 Å². The van der Waals surface area contributed by atoms with Gasteiger partial charge < -0.3 is 0 Å². The maximum Gasteiger partial charge on any atom is 0.241 e. The van der Waals surface area contributed by atoms with Crippen molar-refractivity contribution in [1.29, 1.82) is 0 Å². The Morgan fingerprint density at radius 3 is 2.83 bits per heavy atom. The van der Waals surface area contributed by atoms with Gasteiger partial charge in [0.1, 0.15) is 5.01 Å². The minimum Gasteiger partial charge on any atom is -0.293 e. The predicted octanol–water partition coefficient (Wildman–Crippen LogP) is 2.53. The highest BCUT2D eigenvalue weighted by molar-refractivity contribution is 7.05. The van der Waals surface area contributed by atoms with E-state index in [1.54, 1.807) is 6.20 Å². The topological polar surface area (TPSA) is 72.7 Å². The lowest BCUT2D eigenvalue weighted by Crippen LogP contribution is -2.15. The summed E-state index contributed by atoms with van der Waals surface area (Å²) in [6.07, 6.45) is 4.68. The molecule has 3 aromatic rings. The highest BCUT2D eigenvalue weighted by Gasteiger charge is 2.10. The van der Waals surface area contributed by atoms with Crippen molar-refractivity contribution in [3.63, 3.8) is 0 Å². The number of anilines is 1. The number of carbonyl (C=O) groups is 1. The van der Waals surface area contributed by atoms with E-state index in [0.29, 0.717) is 12.5 Å². The molecule has 0 unspecified atom stereocenters. The van der Waals surface area contributed by atoms with Gasteiger partial charge >= 0.3 is 0 Å². The number of carbonyl (C=O) groups excluding carboxylic acids is 1. The second-order valence-electron chi connectivity index (χ2n) is 5.12. The molecule has 1 amide bonds. The molecule has 0 bridgehead atoms.